The van der Waals surface area contributed by atoms with Crippen LogP contribution in [-0.2, 0) is 0 Å². The fraction of sp³-hybridized carbons (Fsp3) is 0.0556. The number of nitrogens with one attached hydrogen (secondary N) is 3. The largest absolute Gasteiger partial charge is 0.497 e. The zero-order valence-electron chi connectivity index (χ0n) is 13.4. The molecule has 0 bridgehead atoms. The van der Waals surface area contributed by atoms with Crippen LogP contribution in [0.5, 0.6) is 5.75 Å². The number of aromatic amines is 2. The number of anilines is 1. The van der Waals surface area contributed by atoms with Crippen LogP contribution in [0.3, 0.4) is 0 Å². The number of nitrogens with zero attached hydrogens (tertiary/aromatic N) is 2. The van der Waals surface area contributed by atoms with Crippen LogP contribution in [0.4, 0.5) is 5.95 Å². The molecule has 3 N–H and O–H groups in total. The summed E-state index contributed by atoms with van der Waals surface area (Å²) in [6.45, 7) is 0. The molecular weight excluding hydrogens is 318 g/mol. The molecule has 2 heterocycles. The molecule has 2 aromatic carbocycles. The lowest BCUT2D eigenvalue weighted by Gasteiger charge is -2.03. The van der Waals surface area contributed by atoms with Gasteiger partial charge in [-0.05, 0) is 35.7 Å². The van der Waals surface area contributed by atoms with Crippen molar-refractivity contribution in [1.29, 1.82) is 0 Å². The average molecular weight is 333 g/mol. The van der Waals surface area contributed by atoms with Crippen LogP contribution in [0.2, 0.25) is 0 Å². The van der Waals surface area contributed by atoms with Crippen molar-refractivity contribution in [3.05, 3.63) is 64.4 Å². The van der Waals surface area contributed by atoms with Gasteiger partial charge >= 0.3 is 0 Å². The summed E-state index contributed by atoms with van der Waals surface area (Å²) in [6.07, 6.45) is 1.47. The first-order chi connectivity index (χ1) is 12.2. The Hall–Kier alpha value is -3.61. The Balaban J connectivity index is 1.60. The van der Waals surface area contributed by atoms with E-state index in [0.29, 0.717) is 22.8 Å². The van der Waals surface area contributed by atoms with Gasteiger partial charge in [-0.1, -0.05) is 12.1 Å². The van der Waals surface area contributed by atoms with Gasteiger partial charge in [0.05, 0.1) is 35.4 Å². The molecule has 124 valence electrons. The molecule has 25 heavy (non-hydrogen) atoms. The standard InChI is InChI=1S/C18H15N5O2/c1-25-13-7-6-11-8-12(17(24)20-16(11)9-13)10-19-23-18-21-14-4-2-3-5-15(14)22-18/h2-10H,1H3,(H,20,24)(H2,21,22,23)/b19-10+. The third kappa shape index (κ3) is 2.94. The highest BCUT2D eigenvalue weighted by Gasteiger charge is 2.03. The monoisotopic (exact) mass is 333 g/mol. The molecule has 0 fully saturated rings. The Labute approximate surface area is 142 Å². The lowest BCUT2D eigenvalue weighted by Crippen LogP contribution is -2.12. The summed E-state index contributed by atoms with van der Waals surface area (Å²) in [7, 11) is 1.59. The van der Waals surface area contributed by atoms with Gasteiger partial charge in [0.15, 0.2) is 0 Å². The highest BCUT2D eigenvalue weighted by molar-refractivity contribution is 5.88. The SMILES string of the molecule is COc1ccc2cc(/C=N/Nc3nc4ccccc4[nH]3)c(=O)[nH]c2c1. The van der Waals surface area contributed by atoms with Crippen LogP contribution < -0.4 is 15.7 Å². The third-order valence-electron chi connectivity index (χ3n) is 3.85. The first kappa shape index (κ1) is 14.9. The quantitative estimate of drug-likeness (QED) is 0.395. The Morgan fingerprint density at radius 2 is 2.00 bits per heavy atom. The van der Waals surface area contributed by atoms with Crippen molar-refractivity contribution in [3.63, 3.8) is 0 Å². The molecule has 0 aliphatic carbocycles. The lowest BCUT2D eigenvalue weighted by atomic mass is 10.1. The van der Waals surface area contributed by atoms with Gasteiger partial charge in [0.1, 0.15) is 5.75 Å². The Morgan fingerprint density at radius 1 is 1.12 bits per heavy atom. The number of hydrogen-bond acceptors (Lipinski definition) is 5. The number of benzene rings is 2. The molecule has 0 spiro atoms. The summed E-state index contributed by atoms with van der Waals surface area (Å²) in [5.41, 5.74) is 5.50. The molecule has 4 rings (SSSR count). The smallest absolute Gasteiger partial charge is 0.257 e. The maximum Gasteiger partial charge on any atom is 0.257 e. The molecule has 0 amide bonds. The van der Waals surface area contributed by atoms with Crippen LogP contribution in [0.15, 0.2) is 58.4 Å². The van der Waals surface area contributed by atoms with E-state index in [9.17, 15) is 4.79 Å². The maximum atomic E-state index is 12.2. The van der Waals surface area contributed by atoms with Gasteiger partial charge in [-0.3, -0.25) is 4.79 Å². The summed E-state index contributed by atoms with van der Waals surface area (Å²) in [4.78, 5) is 22.5. The topological polar surface area (TPSA) is 95.2 Å². The highest BCUT2D eigenvalue weighted by atomic mass is 16.5. The number of aromatic nitrogens is 3. The molecule has 7 heteroatoms. The molecule has 0 radical (unpaired) electrons. The molecule has 0 saturated heterocycles. The molecule has 0 saturated carbocycles. The molecular formula is C18H15N5O2. The second kappa shape index (κ2) is 6.12. The summed E-state index contributed by atoms with van der Waals surface area (Å²) in [5.74, 6) is 1.20. The zero-order chi connectivity index (χ0) is 17.2. The van der Waals surface area contributed by atoms with Crippen molar-refractivity contribution in [2.24, 2.45) is 5.10 Å². The second-order valence-electron chi connectivity index (χ2n) is 5.48. The van der Waals surface area contributed by atoms with Crippen molar-refractivity contribution < 1.29 is 4.74 Å². The summed E-state index contributed by atoms with van der Waals surface area (Å²) in [6, 6.07) is 15.0. The number of fused-ring (bicyclic) bond motifs is 2. The van der Waals surface area contributed by atoms with E-state index in [0.717, 1.165) is 16.4 Å². The van der Waals surface area contributed by atoms with E-state index in [1.165, 1.54) is 6.21 Å². The third-order valence-corrected chi connectivity index (χ3v) is 3.85. The van der Waals surface area contributed by atoms with Crippen molar-refractivity contribution in [2.45, 2.75) is 0 Å². The number of hydrogen-bond donors (Lipinski definition) is 3. The fourth-order valence-electron chi connectivity index (χ4n) is 2.59. The van der Waals surface area contributed by atoms with Gasteiger partial charge in [0.2, 0.25) is 5.95 Å². The summed E-state index contributed by atoms with van der Waals surface area (Å²) >= 11 is 0. The number of H-pyrrole nitrogens is 2. The molecule has 4 aromatic rings. The van der Waals surface area contributed by atoms with Crippen LogP contribution >= 0.6 is 0 Å². The molecule has 0 unspecified atom stereocenters. The predicted molar refractivity (Wildman–Crippen MR) is 98.4 cm³/mol. The number of imidazole rings is 1. The number of pyridine rings is 1. The van der Waals surface area contributed by atoms with Crippen molar-refractivity contribution in [2.75, 3.05) is 12.5 Å². The molecule has 0 aliphatic heterocycles. The number of rotatable bonds is 4. The van der Waals surface area contributed by atoms with Crippen molar-refractivity contribution >= 4 is 34.1 Å². The van der Waals surface area contributed by atoms with Gasteiger partial charge in [0, 0.05) is 6.07 Å². The van der Waals surface area contributed by atoms with Gasteiger partial charge in [-0.15, -0.1) is 0 Å². The average Bonchev–Trinajstić information content (AvgIpc) is 3.04. The number of para-hydroxylation sites is 2. The first-order valence-corrected chi connectivity index (χ1v) is 7.68. The van der Waals surface area contributed by atoms with Gasteiger partial charge < -0.3 is 14.7 Å². The highest BCUT2D eigenvalue weighted by Crippen LogP contribution is 2.18. The second-order valence-corrected chi connectivity index (χ2v) is 5.48. The Morgan fingerprint density at radius 3 is 2.84 bits per heavy atom. The predicted octanol–water partition coefficient (Wildman–Crippen LogP) is 2.86. The Kier molecular flexibility index (Phi) is 3.66. The van der Waals surface area contributed by atoms with Crippen molar-refractivity contribution in [1.82, 2.24) is 15.0 Å². The number of methoxy groups -OCH3 is 1. The summed E-state index contributed by atoms with van der Waals surface area (Å²) in [5, 5.41) is 4.99. The minimum Gasteiger partial charge on any atom is -0.497 e. The minimum absolute atomic E-state index is 0.226. The van der Waals surface area contributed by atoms with E-state index in [-0.39, 0.29) is 5.56 Å². The fourth-order valence-corrected chi connectivity index (χ4v) is 2.59. The normalized spacial score (nSPS) is 11.4. The zero-order valence-corrected chi connectivity index (χ0v) is 13.4. The lowest BCUT2D eigenvalue weighted by molar-refractivity contribution is 0.415. The first-order valence-electron chi connectivity index (χ1n) is 7.68. The molecule has 7 nitrogen and oxygen atoms in total. The number of ether oxygens (including phenoxy) is 1. The van der Waals surface area contributed by atoms with E-state index in [1.54, 1.807) is 19.2 Å². The van der Waals surface area contributed by atoms with Gasteiger partial charge in [0.25, 0.3) is 5.56 Å². The van der Waals surface area contributed by atoms with Gasteiger partial charge in [-0.25, -0.2) is 10.4 Å². The molecule has 0 aliphatic rings. The molecule has 0 atom stereocenters. The van der Waals surface area contributed by atoms with Crippen LogP contribution in [0.25, 0.3) is 21.9 Å². The van der Waals surface area contributed by atoms with E-state index in [2.05, 4.69) is 25.5 Å². The van der Waals surface area contributed by atoms with E-state index in [4.69, 9.17) is 4.74 Å². The van der Waals surface area contributed by atoms with Gasteiger partial charge in [-0.2, -0.15) is 5.10 Å². The van der Waals surface area contributed by atoms with Crippen LogP contribution in [0.1, 0.15) is 5.56 Å². The summed E-state index contributed by atoms with van der Waals surface area (Å²) < 4.78 is 5.16. The van der Waals surface area contributed by atoms with E-state index >= 15 is 0 Å². The number of hydrazone groups is 1. The van der Waals surface area contributed by atoms with E-state index in [1.807, 2.05) is 36.4 Å². The molecule has 2 aromatic heterocycles. The van der Waals surface area contributed by atoms with Crippen molar-refractivity contribution in [3.8, 4) is 5.75 Å². The minimum atomic E-state index is -0.226. The van der Waals surface area contributed by atoms with Crippen LogP contribution in [-0.4, -0.2) is 28.3 Å². The Bertz CT molecular complexity index is 1110. The van der Waals surface area contributed by atoms with E-state index < -0.39 is 0 Å². The maximum absolute atomic E-state index is 12.2. The van der Waals surface area contributed by atoms with Crippen LogP contribution in [0, 0.1) is 0 Å².